The summed E-state index contributed by atoms with van der Waals surface area (Å²) in [5.41, 5.74) is 0. The van der Waals surface area contributed by atoms with Gasteiger partial charge in [-0.2, -0.15) is 0 Å². The van der Waals surface area contributed by atoms with Gasteiger partial charge in [-0.25, -0.2) is 4.99 Å². The Kier molecular flexibility index (Phi) is 1.48. The molecule has 0 radical (unpaired) electrons. The lowest BCUT2D eigenvalue weighted by atomic mass is 10.4. The van der Waals surface area contributed by atoms with Gasteiger partial charge in [-0.05, 0) is 6.92 Å². The first-order valence-electron chi connectivity index (χ1n) is 2.66. The molecule has 0 spiro atoms. The summed E-state index contributed by atoms with van der Waals surface area (Å²) in [7, 11) is 0. The lowest BCUT2D eigenvalue weighted by Gasteiger charge is -2.01. The van der Waals surface area contributed by atoms with Crippen molar-refractivity contribution in [3.8, 4) is 0 Å². The van der Waals surface area contributed by atoms with Crippen molar-refractivity contribution < 1.29 is 9.84 Å². The molecule has 0 bridgehead atoms. The maximum atomic E-state index is 8.80. The van der Waals surface area contributed by atoms with E-state index in [4.69, 9.17) is 9.84 Å². The molecule has 8 heavy (non-hydrogen) atoms. The Morgan fingerprint density at radius 3 is 2.88 bits per heavy atom. The van der Waals surface area contributed by atoms with Crippen LogP contribution in [0, 0.1) is 0 Å². The normalized spacial score (nSPS) is 22.0. The summed E-state index contributed by atoms with van der Waals surface area (Å²) >= 11 is 0. The summed E-state index contributed by atoms with van der Waals surface area (Å²) < 4.78 is 4.91. The monoisotopic (exact) mass is 115 g/mol. The van der Waals surface area contributed by atoms with Crippen LogP contribution in [0.2, 0.25) is 0 Å². The van der Waals surface area contributed by atoms with Gasteiger partial charge in [-0.1, -0.05) is 0 Å². The molecule has 1 N–H and O–H groups in total. The van der Waals surface area contributed by atoms with Gasteiger partial charge in [0.25, 0.3) is 0 Å². The Morgan fingerprint density at radius 1 is 1.88 bits per heavy atom. The van der Waals surface area contributed by atoms with Crippen LogP contribution in [0.1, 0.15) is 6.92 Å². The van der Waals surface area contributed by atoms with Crippen LogP contribution in [0.3, 0.4) is 0 Å². The molecule has 46 valence electrons. The third kappa shape index (κ3) is 0.980. The van der Waals surface area contributed by atoms with Crippen molar-refractivity contribution in [2.45, 2.75) is 13.0 Å². The summed E-state index contributed by atoms with van der Waals surface area (Å²) in [5, 5.41) is 8.80. The number of rotatable bonds is 1. The van der Waals surface area contributed by atoms with E-state index in [9.17, 15) is 0 Å². The van der Waals surface area contributed by atoms with Crippen molar-refractivity contribution >= 4 is 5.90 Å². The highest BCUT2D eigenvalue weighted by molar-refractivity contribution is 5.81. The summed E-state index contributed by atoms with van der Waals surface area (Å²) in [6.45, 7) is 2.96. The maximum absolute atomic E-state index is 8.80. The molecule has 0 aromatic rings. The van der Waals surface area contributed by atoms with Gasteiger partial charge < -0.3 is 9.84 Å². The maximum Gasteiger partial charge on any atom is 0.212 e. The SMILES string of the molecule is CC(O)C1=NCCO1. The number of aliphatic hydroxyl groups is 1. The number of hydrogen-bond acceptors (Lipinski definition) is 3. The van der Waals surface area contributed by atoms with Gasteiger partial charge in [-0.15, -0.1) is 0 Å². The molecule has 0 aliphatic carbocycles. The molecule has 1 aliphatic rings. The lowest BCUT2D eigenvalue weighted by molar-refractivity contribution is 0.215. The molecule has 0 saturated carbocycles. The lowest BCUT2D eigenvalue weighted by Crippen LogP contribution is -2.15. The van der Waals surface area contributed by atoms with Crippen molar-refractivity contribution in [2.24, 2.45) is 4.99 Å². The molecule has 1 unspecified atom stereocenters. The van der Waals surface area contributed by atoms with Gasteiger partial charge in [0.2, 0.25) is 5.90 Å². The average Bonchev–Trinajstić information content (AvgIpc) is 2.12. The minimum absolute atomic E-state index is 0.477. The molecule has 0 amide bonds. The van der Waals surface area contributed by atoms with Crippen molar-refractivity contribution in [2.75, 3.05) is 13.2 Å². The van der Waals surface area contributed by atoms with Crippen LogP contribution < -0.4 is 0 Å². The highest BCUT2D eigenvalue weighted by Crippen LogP contribution is 1.97. The van der Waals surface area contributed by atoms with Crippen molar-refractivity contribution in [1.82, 2.24) is 0 Å². The number of aliphatic hydroxyl groups excluding tert-OH is 1. The van der Waals surface area contributed by atoms with Crippen molar-refractivity contribution in [3.63, 3.8) is 0 Å². The van der Waals surface area contributed by atoms with Crippen LogP contribution in [0.5, 0.6) is 0 Å². The number of aliphatic imine (C=N–C) groups is 1. The summed E-state index contributed by atoms with van der Waals surface area (Å²) in [6, 6.07) is 0. The minimum atomic E-state index is -0.530. The van der Waals surface area contributed by atoms with Gasteiger partial charge in [-0.3, -0.25) is 0 Å². The van der Waals surface area contributed by atoms with Crippen LogP contribution in [-0.2, 0) is 4.74 Å². The largest absolute Gasteiger partial charge is 0.477 e. The Labute approximate surface area is 48.0 Å². The Balaban J connectivity index is 2.45. The number of nitrogens with zero attached hydrogens (tertiary/aromatic N) is 1. The fourth-order valence-corrected chi connectivity index (χ4v) is 0.604. The second-order valence-electron chi connectivity index (χ2n) is 1.74. The summed E-state index contributed by atoms with van der Waals surface area (Å²) in [4.78, 5) is 3.88. The molecule has 1 rings (SSSR count). The third-order valence-corrected chi connectivity index (χ3v) is 0.966. The second kappa shape index (κ2) is 2.13. The quantitative estimate of drug-likeness (QED) is 0.514. The van der Waals surface area contributed by atoms with Gasteiger partial charge >= 0.3 is 0 Å². The first-order chi connectivity index (χ1) is 3.80. The number of hydrogen-bond donors (Lipinski definition) is 1. The summed E-state index contributed by atoms with van der Waals surface area (Å²) in [6.07, 6.45) is -0.530. The molecule has 1 aliphatic heterocycles. The highest BCUT2D eigenvalue weighted by Gasteiger charge is 2.11. The zero-order valence-corrected chi connectivity index (χ0v) is 4.79. The summed E-state index contributed by atoms with van der Waals surface area (Å²) in [5.74, 6) is 0.477. The molecule has 0 aromatic heterocycles. The molecule has 0 saturated heterocycles. The molecule has 0 fully saturated rings. The predicted octanol–water partition coefficient (Wildman–Crippen LogP) is -0.204. The second-order valence-corrected chi connectivity index (χ2v) is 1.74. The first-order valence-corrected chi connectivity index (χ1v) is 2.66. The van der Waals surface area contributed by atoms with E-state index >= 15 is 0 Å². The van der Waals surface area contributed by atoms with E-state index in [1.165, 1.54) is 0 Å². The van der Waals surface area contributed by atoms with Gasteiger partial charge in [0.15, 0.2) is 0 Å². The Hall–Kier alpha value is -0.570. The van der Waals surface area contributed by atoms with E-state index in [-0.39, 0.29) is 0 Å². The Morgan fingerprint density at radius 2 is 2.62 bits per heavy atom. The van der Waals surface area contributed by atoms with E-state index in [0.29, 0.717) is 19.0 Å². The minimum Gasteiger partial charge on any atom is -0.477 e. The Bertz CT molecular complexity index is 109. The standard InChI is InChI=1S/C5H9NO2/c1-4(7)5-6-2-3-8-5/h4,7H,2-3H2,1H3. The van der Waals surface area contributed by atoms with Gasteiger partial charge in [0, 0.05) is 0 Å². The van der Waals surface area contributed by atoms with Crippen molar-refractivity contribution in [1.29, 1.82) is 0 Å². The van der Waals surface area contributed by atoms with Crippen LogP contribution in [-0.4, -0.2) is 30.3 Å². The van der Waals surface area contributed by atoms with Crippen LogP contribution in [0.15, 0.2) is 4.99 Å². The smallest absolute Gasteiger partial charge is 0.212 e. The van der Waals surface area contributed by atoms with Crippen LogP contribution in [0.25, 0.3) is 0 Å². The molecule has 0 aromatic carbocycles. The zero-order chi connectivity index (χ0) is 5.98. The first kappa shape index (κ1) is 5.56. The molecule has 3 nitrogen and oxygen atoms in total. The predicted molar refractivity (Wildman–Crippen MR) is 29.9 cm³/mol. The number of ether oxygens (including phenoxy) is 1. The zero-order valence-electron chi connectivity index (χ0n) is 4.79. The molecule has 1 atom stereocenters. The van der Waals surface area contributed by atoms with E-state index in [2.05, 4.69) is 4.99 Å². The molecular formula is C5H9NO2. The van der Waals surface area contributed by atoms with E-state index in [1.807, 2.05) is 0 Å². The van der Waals surface area contributed by atoms with Crippen LogP contribution >= 0.6 is 0 Å². The fraction of sp³-hybridized carbons (Fsp3) is 0.800. The molecule has 1 heterocycles. The fourth-order valence-electron chi connectivity index (χ4n) is 0.604. The van der Waals surface area contributed by atoms with Crippen LogP contribution in [0.4, 0.5) is 0 Å². The topological polar surface area (TPSA) is 41.8 Å². The highest BCUT2D eigenvalue weighted by atomic mass is 16.5. The third-order valence-electron chi connectivity index (χ3n) is 0.966. The van der Waals surface area contributed by atoms with E-state index < -0.39 is 6.10 Å². The molecular weight excluding hydrogens is 106 g/mol. The van der Waals surface area contributed by atoms with Gasteiger partial charge in [0.05, 0.1) is 6.54 Å². The van der Waals surface area contributed by atoms with Crippen molar-refractivity contribution in [3.05, 3.63) is 0 Å². The van der Waals surface area contributed by atoms with E-state index in [0.717, 1.165) is 0 Å². The van der Waals surface area contributed by atoms with Gasteiger partial charge in [0.1, 0.15) is 12.7 Å². The molecule has 3 heteroatoms. The average molecular weight is 115 g/mol. The van der Waals surface area contributed by atoms with E-state index in [1.54, 1.807) is 6.92 Å².